The van der Waals surface area contributed by atoms with Gasteiger partial charge in [-0.25, -0.2) is 0 Å². The topological polar surface area (TPSA) is 3.24 Å². The number of rotatable bonds is 7. The maximum absolute atomic E-state index is 4.61. The van der Waals surface area contributed by atoms with Crippen LogP contribution in [0, 0.1) is 5.92 Å². The quantitative estimate of drug-likeness (QED) is 0.719. The highest BCUT2D eigenvalue weighted by atomic mass is 32.1. The minimum Gasteiger partial charge on any atom is -0.299 e. The molecule has 20 heavy (non-hydrogen) atoms. The molecule has 0 radical (unpaired) electrons. The van der Waals surface area contributed by atoms with Gasteiger partial charge in [-0.3, -0.25) is 4.90 Å². The van der Waals surface area contributed by atoms with E-state index in [1.807, 2.05) is 0 Å². The van der Waals surface area contributed by atoms with E-state index in [4.69, 9.17) is 0 Å². The van der Waals surface area contributed by atoms with Crippen molar-refractivity contribution in [2.24, 2.45) is 5.92 Å². The molecule has 0 amide bonds. The van der Waals surface area contributed by atoms with Crippen LogP contribution in [-0.4, -0.2) is 29.8 Å². The van der Waals surface area contributed by atoms with E-state index in [0.29, 0.717) is 5.92 Å². The van der Waals surface area contributed by atoms with Crippen LogP contribution in [0.5, 0.6) is 0 Å². The smallest absolute Gasteiger partial charge is 0.00956 e. The average molecular weight is 292 g/mol. The Morgan fingerprint density at radius 3 is 2.30 bits per heavy atom. The van der Waals surface area contributed by atoms with Crippen molar-refractivity contribution in [2.45, 2.75) is 51.5 Å². The lowest BCUT2D eigenvalue weighted by Gasteiger charge is -2.33. The summed E-state index contributed by atoms with van der Waals surface area (Å²) in [6, 6.07) is 11.7. The fourth-order valence-electron chi connectivity index (χ4n) is 3.39. The third-order valence-corrected chi connectivity index (χ3v) is 4.83. The van der Waals surface area contributed by atoms with Crippen LogP contribution < -0.4 is 0 Å². The molecule has 1 aliphatic carbocycles. The summed E-state index contributed by atoms with van der Waals surface area (Å²) in [5.74, 6) is 2.23. The first-order valence-electron chi connectivity index (χ1n) is 8.10. The standard InChI is InChI=1S/C18H29NS/c1-15(2)12-19(18-10-6-7-11-18)13-17(14-20)16-8-4-3-5-9-16/h3-5,8-9,15,17-18,20H,6-7,10-14H2,1-2H3. The molecule has 1 unspecified atom stereocenters. The molecular formula is C18H29NS. The second kappa shape index (κ2) is 8.09. The fraction of sp³-hybridized carbons (Fsp3) is 0.667. The zero-order valence-electron chi connectivity index (χ0n) is 13.0. The van der Waals surface area contributed by atoms with Crippen LogP contribution >= 0.6 is 12.6 Å². The maximum atomic E-state index is 4.61. The lowest BCUT2D eigenvalue weighted by molar-refractivity contribution is 0.169. The zero-order chi connectivity index (χ0) is 14.4. The summed E-state index contributed by atoms with van der Waals surface area (Å²) in [7, 11) is 0. The van der Waals surface area contributed by atoms with Crippen molar-refractivity contribution in [3.8, 4) is 0 Å². The van der Waals surface area contributed by atoms with Crippen LogP contribution in [0.2, 0.25) is 0 Å². The van der Waals surface area contributed by atoms with Crippen molar-refractivity contribution in [2.75, 3.05) is 18.8 Å². The van der Waals surface area contributed by atoms with Crippen LogP contribution in [0.15, 0.2) is 30.3 Å². The second-order valence-corrected chi connectivity index (χ2v) is 6.94. The van der Waals surface area contributed by atoms with Crippen LogP contribution in [0.4, 0.5) is 0 Å². The van der Waals surface area contributed by atoms with Gasteiger partial charge in [-0.2, -0.15) is 12.6 Å². The first-order valence-corrected chi connectivity index (χ1v) is 8.73. The van der Waals surface area contributed by atoms with Gasteiger partial charge in [-0.05, 0) is 30.1 Å². The Labute approximate surface area is 130 Å². The maximum Gasteiger partial charge on any atom is 0.00956 e. The Morgan fingerprint density at radius 2 is 1.75 bits per heavy atom. The van der Waals surface area contributed by atoms with Crippen LogP contribution in [-0.2, 0) is 0 Å². The molecule has 1 nitrogen and oxygen atoms in total. The van der Waals surface area contributed by atoms with E-state index in [-0.39, 0.29) is 0 Å². The van der Waals surface area contributed by atoms with Gasteiger partial charge in [0.2, 0.25) is 0 Å². The van der Waals surface area contributed by atoms with E-state index in [1.54, 1.807) is 0 Å². The van der Waals surface area contributed by atoms with Gasteiger partial charge < -0.3 is 0 Å². The minimum atomic E-state index is 0.555. The molecule has 1 aliphatic rings. The van der Waals surface area contributed by atoms with Gasteiger partial charge in [-0.1, -0.05) is 57.0 Å². The van der Waals surface area contributed by atoms with Crippen molar-refractivity contribution in [3.63, 3.8) is 0 Å². The molecule has 0 spiro atoms. The van der Waals surface area contributed by atoms with Crippen molar-refractivity contribution in [3.05, 3.63) is 35.9 Å². The van der Waals surface area contributed by atoms with Crippen molar-refractivity contribution in [1.82, 2.24) is 4.90 Å². The molecule has 0 aromatic heterocycles. The van der Waals surface area contributed by atoms with Crippen LogP contribution in [0.3, 0.4) is 0 Å². The Hall–Kier alpha value is -0.470. The van der Waals surface area contributed by atoms with Crippen molar-refractivity contribution in [1.29, 1.82) is 0 Å². The lowest BCUT2D eigenvalue weighted by atomic mass is 9.98. The van der Waals surface area contributed by atoms with E-state index >= 15 is 0 Å². The zero-order valence-corrected chi connectivity index (χ0v) is 13.9. The molecule has 1 saturated carbocycles. The first kappa shape index (κ1) is 15.9. The van der Waals surface area contributed by atoms with Crippen molar-refractivity contribution >= 4 is 12.6 Å². The largest absolute Gasteiger partial charge is 0.299 e. The monoisotopic (exact) mass is 291 g/mol. The molecule has 1 fully saturated rings. The highest BCUT2D eigenvalue weighted by Crippen LogP contribution is 2.27. The Kier molecular flexibility index (Phi) is 6.44. The van der Waals surface area contributed by atoms with Gasteiger partial charge in [0, 0.05) is 25.0 Å². The summed E-state index contributed by atoms with van der Waals surface area (Å²) in [5, 5.41) is 0. The van der Waals surface area contributed by atoms with E-state index in [0.717, 1.165) is 24.3 Å². The molecular weight excluding hydrogens is 262 g/mol. The molecule has 1 aromatic carbocycles. The molecule has 2 heteroatoms. The normalized spacial score (nSPS) is 18.1. The van der Waals surface area contributed by atoms with Gasteiger partial charge in [0.25, 0.3) is 0 Å². The average Bonchev–Trinajstić information content (AvgIpc) is 2.98. The lowest BCUT2D eigenvalue weighted by Crippen LogP contribution is -2.39. The molecule has 0 saturated heterocycles. The van der Waals surface area contributed by atoms with Gasteiger partial charge in [0.15, 0.2) is 0 Å². The summed E-state index contributed by atoms with van der Waals surface area (Å²) < 4.78 is 0. The van der Waals surface area contributed by atoms with E-state index < -0.39 is 0 Å². The number of benzene rings is 1. The highest BCUT2D eigenvalue weighted by molar-refractivity contribution is 7.80. The first-order chi connectivity index (χ1) is 9.70. The second-order valence-electron chi connectivity index (χ2n) is 6.58. The predicted octanol–water partition coefficient (Wildman–Crippen LogP) is 4.60. The number of hydrogen-bond donors (Lipinski definition) is 1. The fourth-order valence-corrected chi connectivity index (χ4v) is 3.71. The van der Waals surface area contributed by atoms with E-state index in [1.165, 1.54) is 37.8 Å². The molecule has 0 aliphatic heterocycles. The van der Waals surface area contributed by atoms with Crippen LogP contribution in [0.25, 0.3) is 0 Å². The summed E-state index contributed by atoms with van der Waals surface area (Å²) in [4.78, 5) is 2.74. The summed E-state index contributed by atoms with van der Waals surface area (Å²) in [6.45, 7) is 7.05. The third-order valence-electron chi connectivity index (χ3n) is 4.39. The SMILES string of the molecule is CC(C)CN(CC(CS)c1ccccc1)C1CCCC1. The van der Waals surface area contributed by atoms with Crippen molar-refractivity contribution < 1.29 is 0 Å². The molecule has 0 N–H and O–H groups in total. The highest BCUT2D eigenvalue weighted by Gasteiger charge is 2.25. The van der Waals surface area contributed by atoms with Gasteiger partial charge >= 0.3 is 0 Å². The molecule has 1 atom stereocenters. The molecule has 0 heterocycles. The summed E-state index contributed by atoms with van der Waals surface area (Å²) in [5.41, 5.74) is 1.44. The number of thiol groups is 1. The van der Waals surface area contributed by atoms with E-state index in [9.17, 15) is 0 Å². The Morgan fingerprint density at radius 1 is 1.10 bits per heavy atom. The van der Waals surface area contributed by atoms with Gasteiger partial charge in [-0.15, -0.1) is 0 Å². The number of hydrogen-bond acceptors (Lipinski definition) is 2. The van der Waals surface area contributed by atoms with Gasteiger partial charge in [0.1, 0.15) is 0 Å². The molecule has 1 aromatic rings. The van der Waals surface area contributed by atoms with Crippen LogP contribution in [0.1, 0.15) is 51.0 Å². The van der Waals surface area contributed by atoms with Gasteiger partial charge in [0.05, 0.1) is 0 Å². The van der Waals surface area contributed by atoms with E-state index in [2.05, 4.69) is 61.7 Å². The molecule has 0 bridgehead atoms. The third kappa shape index (κ3) is 4.53. The molecule has 112 valence electrons. The molecule has 2 rings (SSSR count). The minimum absolute atomic E-state index is 0.555. The summed E-state index contributed by atoms with van der Waals surface area (Å²) >= 11 is 4.61. The number of nitrogens with zero attached hydrogens (tertiary/aromatic N) is 1. The summed E-state index contributed by atoms with van der Waals surface area (Å²) in [6.07, 6.45) is 5.61. The Bertz CT molecular complexity index is 370. The Balaban J connectivity index is 2.04. The predicted molar refractivity (Wildman–Crippen MR) is 91.7 cm³/mol.